The van der Waals surface area contributed by atoms with Crippen molar-refractivity contribution in [2.45, 2.75) is 109 Å². The molecule has 3 aliphatic carbocycles. The minimum Gasteiger partial charge on any atom is -0.459 e. The van der Waals surface area contributed by atoms with Crippen molar-refractivity contribution in [1.82, 2.24) is 5.32 Å². The number of ether oxygens (including phenoxy) is 4. The molecule has 0 radical (unpaired) electrons. The highest BCUT2D eigenvalue weighted by atomic mass is 16.6. The Morgan fingerprint density at radius 1 is 0.817 bits per heavy atom. The number of esters is 4. The Hall–Kier alpha value is -5.66. The number of rotatable bonds is 11. The van der Waals surface area contributed by atoms with E-state index < -0.39 is 101 Å². The van der Waals surface area contributed by atoms with E-state index in [2.05, 4.69) is 5.32 Å². The van der Waals surface area contributed by atoms with Gasteiger partial charge in [0.1, 0.15) is 35.8 Å². The van der Waals surface area contributed by atoms with Crippen LogP contribution >= 0.6 is 0 Å². The van der Waals surface area contributed by atoms with E-state index in [-0.39, 0.29) is 23.1 Å². The Bertz CT molecular complexity index is 2160. The normalized spacial score (nSPS) is 30.2. The standard InChI is InChI=1S/C47H53NO12/c1-27-23-24-45(7,60-30(4)51)38-40(59-42(54)33-21-15-10-16-22-33)47(56)25-34(28(2)35(44(47,5)6)39(57-29(3)50)46(27,38)26-49)58-43(55)37(52)36(31-17-11-8-12-18-31)48-41(53)32-19-13-9-14-20-32/h8-22,26-27,34,36-40,52,56H,23-25H2,1-7H3,(H,48,53)/t27-,34-,36-,37+,38+,39+,40-,45-,46+,47+/m0/s1. The highest BCUT2D eigenvalue weighted by molar-refractivity contribution is 5.95. The van der Waals surface area contributed by atoms with Crippen LogP contribution in [-0.2, 0) is 38.1 Å². The number of amides is 1. The molecule has 6 rings (SSSR count). The summed E-state index contributed by atoms with van der Waals surface area (Å²) in [5.74, 6) is -5.95. The van der Waals surface area contributed by atoms with Crippen LogP contribution in [0.1, 0.15) is 100 Å². The first-order valence-corrected chi connectivity index (χ1v) is 20.1. The van der Waals surface area contributed by atoms with Crippen molar-refractivity contribution in [2.75, 3.05) is 0 Å². The minimum atomic E-state index is -2.23. The molecule has 3 aromatic carbocycles. The molecule has 0 heterocycles. The lowest BCUT2D eigenvalue weighted by atomic mass is 9.51. The lowest BCUT2D eigenvalue weighted by Crippen LogP contribution is -2.68. The SMILES string of the molecule is CC(=O)O[C@@H]1C2=C(C)[C@@H](OC(=O)[C@H](O)[C@@H](NC(=O)c3ccccc3)c3ccccc3)C[C@@](O)([C@@H](OC(=O)c3ccccc3)[C@H]3[C@@]1(C=O)[C@@H](C)CC[C@]3(C)OC(C)=O)C2(C)C. The summed E-state index contributed by atoms with van der Waals surface area (Å²) in [6.45, 7) is 10.8. The number of fused-ring (bicyclic) bond motifs is 3. The zero-order valence-corrected chi connectivity index (χ0v) is 34.9. The summed E-state index contributed by atoms with van der Waals surface area (Å²) in [6.07, 6.45) is -5.72. The smallest absolute Gasteiger partial charge is 0.338 e. The molecule has 2 bridgehead atoms. The van der Waals surface area contributed by atoms with Crippen molar-refractivity contribution in [3.05, 3.63) is 119 Å². The molecule has 0 saturated heterocycles. The van der Waals surface area contributed by atoms with Crippen LogP contribution in [0.3, 0.4) is 0 Å². The van der Waals surface area contributed by atoms with Crippen molar-refractivity contribution < 1.29 is 57.9 Å². The molecular formula is C47H53NO12. The summed E-state index contributed by atoms with van der Waals surface area (Å²) < 4.78 is 24.9. The molecular weight excluding hydrogens is 771 g/mol. The summed E-state index contributed by atoms with van der Waals surface area (Å²) >= 11 is 0. The average molecular weight is 824 g/mol. The summed E-state index contributed by atoms with van der Waals surface area (Å²) in [7, 11) is 0. The molecule has 13 heteroatoms. The second-order valence-electron chi connectivity index (χ2n) is 17.1. The summed E-state index contributed by atoms with van der Waals surface area (Å²) in [6, 6.07) is 23.4. The first-order chi connectivity index (χ1) is 28.3. The van der Waals surface area contributed by atoms with Crippen molar-refractivity contribution >= 4 is 36.1 Å². The quantitative estimate of drug-likeness (QED) is 0.0936. The number of carbonyl (C=O) groups excluding carboxylic acids is 6. The fourth-order valence-corrected chi connectivity index (χ4v) is 10.1. The molecule has 0 unspecified atom stereocenters. The van der Waals surface area contributed by atoms with E-state index >= 15 is 0 Å². The van der Waals surface area contributed by atoms with Gasteiger partial charge in [-0.3, -0.25) is 14.4 Å². The van der Waals surface area contributed by atoms with Gasteiger partial charge in [-0.05, 0) is 73.6 Å². The monoisotopic (exact) mass is 823 g/mol. The van der Waals surface area contributed by atoms with Gasteiger partial charge in [0, 0.05) is 31.2 Å². The van der Waals surface area contributed by atoms with Gasteiger partial charge in [-0.2, -0.15) is 0 Å². The van der Waals surface area contributed by atoms with Gasteiger partial charge in [-0.25, -0.2) is 9.59 Å². The van der Waals surface area contributed by atoms with E-state index in [1.165, 1.54) is 26.0 Å². The molecule has 60 heavy (non-hydrogen) atoms. The lowest BCUT2D eigenvalue weighted by Gasteiger charge is -2.57. The van der Waals surface area contributed by atoms with Gasteiger partial charge in [0.05, 0.1) is 22.9 Å². The third-order valence-corrected chi connectivity index (χ3v) is 13.2. The molecule has 2 fully saturated rings. The summed E-state index contributed by atoms with van der Waals surface area (Å²) in [5, 5.41) is 28.1. The number of aliphatic hydroxyl groups is 2. The number of aliphatic hydroxyl groups excluding tert-OH is 1. The van der Waals surface area contributed by atoms with Crippen molar-refractivity contribution in [3.8, 4) is 0 Å². The Morgan fingerprint density at radius 3 is 1.93 bits per heavy atom. The van der Waals surface area contributed by atoms with Crippen LogP contribution in [0.25, 0.3) is 0 Å². The van der Waals surface area contributed by atoms with Crippen LogP contribution in [0, 0.1) is 22.7 Å². The number of carbonyl (C=O) groups is 6. The van der Waals surface area contributed by atoms with Gasteiger partial charge in [0.25, 0.3) is 5.91 Å². The van der Waals surface area contributed by atoms with Crippen molar-refractivity contribution in [1.29, 1.82) is 0 Å². The first kappa shape index (κ1) is 43.9. The number of hydrogen-bond donors (Lipinski definition) is 3. The molecule has 0 aromatic heterocycles. The second kappa shape index (κ2) is 16.8. The fraction of sp³-hybridized carbons (Fsp3) is 0.447. The first-order valence-electron chi connectivity index (χ1n) is 20.1. The molecule has 3 aromatic rings. The Morgan fingerprint density at radius 2 is 1.38 bits per heavy atom. The number of aldehydes is 1. The van der Waals surface area contributed by atoms with Gasteiger partial charge in [0.2, 0.25) is 0 Å². The van der Waals surface area contributed by atoms with E-state index in [0.717, 1.165) is 0 Å². The van der Waals surface area contributed by atoms with Crippen LogP contribution in [-0.4, -0.2) is 81.9 Å². The van der Waals surface area contributed by atoms with Gasteiger partial charge >= 0.3 is 23.9 Å². The predicted octanol–water partition coefficient (Wildman–Crippen LogP) is 5.63. The van der Waals surface area contributed by atoms with E-state index in [4.69, 9.17) is 18.9 Å². The molecule has 0 spiro atoms. The predicted molar refractivity (Wildman–Crippen MR) is 217 cm³/mol. The number of benzene rings is 3. The van der Waals surface area contributed by atoms with Gasteiger partial charge < -0.3 is 39.3 Å². The van der Waals surface area contributed by atoms with Crippen molar-refractivity contribution in [3.63, 3.8) is 0 Å². The van der Waals surface area contributed by atoms with Crippen LogP contribution < -0.4 is 5.32 Å². The molecule has 0 aliphatic heterocycles. The summed E-state index contributed by atoms with van der Waals surface area (Å²) in [5.41, 5.74) is -5.69. The largest absolute Gasteiger partial charge is 0.459 e. The Labute approximate surface area is 349 Å². The van der Waals surface area contributed by atoms with E-state index in [1.54, 1.807) is 113 Å². The molecule has 10 atom stereocenters. The maximum atomic E-state index is 14.3. The van der Waals surface area contributed by atoms with Crippen LogP contribution in [0.5, 0.6) is 0 Å². The third kappa shape index (κ3) is 7.64. The molecule has 3 aliphatic rings. The molecule has 1 amide bonds. The highest BCUT2D eigenvalue weighted by Crippen LogP contribution is 2.66. The fourth-order valence-electron chi connectivity index (χ4n) is 10.1. The second-order valence-corrected chi connectivity index (χ2v) is 17.1. The zero-order valence-electron chi connectivity index (χ0n) is 34.9. The van der Waals surface area contributed by atoms with Crippen molar-refractivity contribution in [2.24, 2.45) is 22.7 Å². The molecule has 318 valence electrons. The topological polar surface area (TPSA) is 192 Å². The van der Waals surface area contributed by atoms with Gasteiger partial charge in [0.15, 0.2) is 6.10 Å². The van der Waals surface area contributed by atoms with Crippen LogP contribution in [0.15, 0.2) is 102 Å². The average Bonchev–Trinajstić information content (AvgIpc) is 3.24. The molecule has 3 N–H and O–H groups in total. The summed E-state index contributed by atoms with van der Waals surface area (Å²) in [4.78, 5) is 82.2. The van der Waals surface area contributed by atoms with Gasteiger partial charge in [-0.1, -0.05) is 87.5 Å². The lowest BCUT2D eigenvalue weighted by molar-refractivity contribution is -0.241. The number of hydrogen-bond acceptors (Lipinski definition) is 12. The Balaban J connectivity index is 1.53. The molecule has 2 saturated carbocycles. The Kier molecular flexibility index (Phi) is 12.3. The van der Waals surface area contributed by atoms with E-state index in [9.17, 15) is 39.0 Å². The maximum Gasteiger partial charge on any atom is 0.338 e. The third-order valence-electron chi connectivity index (χ3n) is 13.2. The highest BCUT2D eigenvalue weighted by Gasteiger charge is 2.75. The van der Waals surface area contributed by atoms with Crippen LogP contribution in [0.4, 0.5) is 0 Å². The minimum absolute atomic E-state index is 0.132. The van der Waals surface area contributed by atoms with E-state index in [0.29, 0.717) is 23.8 Å². The zero-order chi connectivity index (χ0) is 43.8. The molecule has 13 nitrogen and oxygen atoms in total. The number of nitrogens with one attached hydrogen (secondary N) is 1. The van der Waals surface area contributed by atoms with E-state index in [1.807, 2.05) is 0 Å². The maximum absolute atomic E-state index is 14.3. The van der Waals surface area contributed by atoms with Crippen LogP contribution in [0.2, 0.25) is 0 Å². The van der Waals surface area contributed by atoms with Gasteiger partial charge in [-0.15, -0.1) is 0 Å².